The molecule has 0 bridgehead atoms. The van der Waals surface area contributed by atoms with Gasteiger partial charge in [0.25, 0.3) is 0 Å². The Morgan fingerprint density at radius 1 is 1.33 bits per heavy atom. The van der Waals surface area contributed by atoms with Crippen LogP contribution in [0.2, 0.25) is 0 Å². The minimum absolute atomic E-state index is 0.0440. The van der Waals surface area contributed by atoms with Crippen molar-refractivity contribution in [2.24, 2.45) is 0 Å². The molecule has 18 heavy (non-hydrogen) atoms. The molecule has 1 amide bonds. The number of benzene rings is 1. The van der Waals surface area contributed by atoms with Crippen LogP contribution >= 0.6 is 0 Å². The maximum atomic E-state index is 11.5. The molecule has 1 rings (SSSR count). The van der Waals surface area contributed by atoms with Gasteiger partial charge in [0.15, 0.2) is 0 Å². The fraction of sp³-hybridized carbons (Fsp3) is 0.333. The largest absolute Gasteiger partial charge is 0.508 e. The van der Waals surface area contributed by atoms with Crippen LogP contribution in [0.15, 0.2) is 24.3 Å². The number of nitrogens with one attached hydrogen (secondary N) is 1. The van der Waals surface area contributed by atoms with E-state index in [1.807, 2.05) is 0 Å². The Hall–Kier alpha value is -2.24. The second kappa shape index (κ2) is 5.90. The van der Waals surface area contributed by atoms with Gasteiger partial charge in [-0.1, -0.05) is 0 Å². The maximum Gasteiger partial charge on any atom is 0.325 e. The number of nitrogens with zero attached hydrogens (tertiary/aromatic N) is 1. The van der Waals surface area contributed by atoms with Gasteiger partial charge in [-0.25, -0.2) is 0 Å². The Morgan fingerprint density at radius 2 is 1.89 bits per heavy atom. The summed E-state index contributed by atoms with van der Waals surface area (Å²) in [6, 6.07) is 5.46. The molecule has 6 heteroatoms. The Labute approximate surface area is 105 Å². The second-order valence-electron chi connectivity index (χ2n) is 4.00. The Balaban J connectivity index is 2.54. The topological polar surface area (TPSA) is 89.9 Å². The lowest BCUT2D eigenvalue weighted by Crippen LogP contribution is -2.43. The minimum atomic E-state index is -1.07. The van der Waals surface area contributed by atoms with Crippen LogP contribution in [-0.4, -0.2) is 41.7 Å². The number of carbonyl (C=O) groups excluding carboxylic acids is 1. The van der Waals surface area contributed by atoms with Crippen LogP contribution in [0.1, 0.15) is 6.92 Å². The number of phenols is 1. The van der Waals surface area contributed by atoms with E-state index in [9.17, 15) is 9.59 Å². The van der Waals surface area contributed by atoms with Crippen LogP contribution in [0.4, 0.5) is 5.69 Å². The van der Waals surface area contributed by atoms with Gasteiger partial charge in [-0.3, -0.25) is 9.59 Å². The maximum absolute atomic E-state index is 11.5. The lowest BCUT2D eigenvalue weighted by molar-refractivity contribution is -0.141. The summed E-state index contributed by atoms with van der Waals surface area (Å²) >= 11 is 0. The number of carboxylic acid groups (broad SMARTS) is 1. The van der Waals surface area contributed by atoms with Crippen molar-refractivity contribution in [3.8, 4) is 5.75 Å². The number of carboxylic acids is 1. The van der Waals surface area contributed by atoms with E-state index in [0.29, 0.717) is 0 Å². The van der Waals surface area contributed by atoms with Gasteiger partial charge in [-0.15, -0.1) is 0 Å². The predicted octanol–water partition coefficient (Wildman–Crippen LogP) is 0.418. The smallest absolute Gasteiger partial charge is 0.325 e. The van der Waals surface area contributed by atoms with Gasteiger partial charge in [0.2, 0.25) is 5.91 Å². The molecular formula is C12H16N2O4. The molecule has 0 heterocycles. The first-order valence-corrected chi connectivity index (χ1v) is 5.42. The molecule has 0 saturated heterocycles. The van der Waals surface area contributed by atoms with E-state index >= 15 is 0 Å². The standard InChI is InChI=1S/C12H16N2O4/c1-8(12(17)18)13-11(16)7-14(2)9-3-5-10(15)6-4-9/h3-6,8,15H,7H2,1-2H3,(H,13,16)(H,17,18). The van der Waals surface area contributed by atoms with E-state index in [4.69, 9.17) is 10.2 Å². The van der Waals surface area contributed by atoms with Crippen LogP contribution in [0.25, 0.3) is 0 Å². The summed E-state index contributed by atoms with van der Waals surface area (Å²) in [6.07, 6.45) is 0. The fourth-order valence-electron chi connectivity index (χ4n) is 1.36. The number of carbonyl (C=O) groups is 2. The highest BCUT2D eigenvalue weighted by molar-refractivity contribution is 5.86. The van der Waals surface area contributed by atoms with Gasteiger partial charge in [0, 0.05) is 12.7 Å². The number of amides is 1. The van der Waals surface area contributed by atoms with E-state index in [2.05, 4.69) is 5.32 Å². The van der Waals surface area contributed by atoms with E-state index < -0.39 is 12.0 Å². The van der Waals surface area contributed by atoms with Crippen LogP contribution < -0.4 is 10.2 Å². The number of aliphatic carboxylic acids is 1. The molecule has 0 fully saturated rings. The van der Waals surface area contributed by atoms with Crippen molar-refractivity contribution < 1.29 is 19.8 Å². The molecule has 0 spiro atoms. The van der Waals surface area contributed by atoms with Crippen molar-refractivity contribution in [2.75, 3.05) is 18.5 Å². The molecule has 0 radical (unpaired) electrons. The molecule has 0 aliphatic rings. The SMILES string of the molecule is CC(NC(=O)CN(C)c1ccc(O)cc1)C(=O)O. The van der Waals surface area contributed by atoms with Crippen LogP contribution in [0, 0.1) is 0 Å². The monoisotopic (exact) mass is 252 g/mol. The number of phenolic OH excluding ortho intramolecular Hbond substituents is 1. The zero-order valence-electron chi connectivity index (χ0n) is 10.3. The molecule has 0 aliphatic heterocycles. The first-order valence-electron chi connectivity index (χ1n) is 5.42. The van der Waals surface area contributed by atoms with Crippen molar-refractivity contribution in [1.29, 1.82) is 0 Å². The third-order valence-corrected chi connectivity index (χ3v) is 2.42. The third kappa shape index (κ3) is 3.97. The van der Waals surface area contributed by atoms with Crippen LogP contribution in [-0.2, 0) is 9.59 Å². The molecule has 1 atom stereocenters. The zero-order chi connectivity index (χ0) is 13.7. The average molecular weight is 252 g/mol. The highest BCUT2D eigenvalue weighted by Gasteiger charge is 2.15. The summed E-state index contributed by atoms with van der Waals surface area (Å²) in [7, 11) is 1.71. The van der Waals surface area contributed by atoms with Gasteiger partial charge >= 0.3 is 5.97 Å². The predicted molar refractivity (Wildman–Crippen MR) is 66.6 cm³/mol. The molecule has 0 aliphatic carbocycles. The number of hydrogen-bond donors (Lipinski definition) is 3. The lowest BCUT2D eigenvalue weighted by Gasteiger charge is -2.19. The molecule has 0 saturated carbocycles. The van der Waals surface area contributed by atoms with Crippen molar-refractivity contribution >= 4 is 17.6 Å². The zero-order valence-corrected chi connectivity index (χ0v) is 10.3. The molecule has 6 nitrogen and oxygen atoms in total. The summed E-state index contributed by atoms with van der Waals surface area (Å²) in [5.74, 6) is -1.30. The van der Waals surface area contributed by atoms with Crippen molar-refractivity contribution in [3.63, 3.8) is 0 Å². The normalized spacial score (nSPS) is 11.7. The van der Waals surface area contributed by atoms with E-state index in [0.717, 1.165) is 5.69 Å². The van der Waals surface area contributed by atoms with E-state index in [1.165, 1.54) is 19.1 Å². The van der Waals surface area contributed by atoms with Crippen LogP contribution in [0.3, 0.4) is 0 Å². The molecular weight excluding hydrogens is 236 g/mol. The Morgan fingerprint density at radius 3 is 2.39 bits per heavy atom. The summed E-state index contributed by atoms with van der Waals surface area (Å²) < 4.78 is 0. The first kappa shape index (κ1) is 13.8. The van der Waals surface area contributed by atoms with Crippen molar-refractivity contribution in [2.45, 2.75) is 13.0 Å². The second-order valence-corrected chi connectivity index (χ2v) is 4.00. The quantitative estimate of drug-likeness (QED) is 0.706. The van der Waals surface area contributed by atoms with Crippen LogP contribution in [0.5, 0.6) is 5.75 Å². The first-order chi connectivity index (χ1) is 8.40. The van der Waals surface area contributed by atoms with Gasteiger partial charge < -0.3 is 20.4 Å². The average Bonchev–Trinajstić information content (AvgIpc) is 2.29. The summed E-state index contributed by atoms with van der Waals surface area (Å²) in [4.78, 5) is 23.8. The highest BCUT2D eigenvalue weighted by atomic mass is 16.4. The summed E-state index contributed by atoms with van der Waals surface area (Å²) in [5, 5.41) is 20.2. The number of anilines is 1. The number of likely N-dealkylation sites (N-methyl/N-ethyl adjacent to an activating group) is 1. The molecule has 3 N–H and O–H groups in total. The Bertz CT molecular complexity index is 430. The van der Waals surface area contributed by atoms with E-state index in [-0.39, 0.29) is 18.2 Å². The van der Waals surface area contributed by atoms with Gasteiger partial charge in [0.1, 0.15) is 11.8 Å². The molecule has 1 aromatic rings. The van der Waals surface area contributed by atoms with Gasteiger partial charge in [-0.2, -0.15) is 0 Å². The number of aromatic hydroxyl groups is 1. The third-order valence-electron chi connectivity index (χ3n) is 2.42. The number of hydrogen-bond acceptors (Lipinski definition) is 4. The molecule has 0 aromatic heterocycles. The van der Waals surface area contributed by atoms with E-state index in [1.54, 1.807) is 24.1 Å². The molecule has 1 unspecified atom stereocenters. The lowest BCUT2D eigenvalue weighted by atomic mass is 10.2. The molecule has 98 valence electrons. The van der Waals surface area contributed by atoms with Crippen molar-refractivity contribution in [1.82, 2.24) is 5.32 Å². The number of rotatable bonds is 5. The minimum Gasteiger partial charge on any atom is -0.508 e. The summed E-state index contributed by atoms with van der Waals surface area (Å²) in [5.41, 5.74) is 0.755. The Kier molecular flexibility index (Phi) is 4.53. The van der Waals surface area contributed by atoms with Gasteiger partial charge in [0.05, 0.1) is 6.54 Å². The van der Waals surface area contributed by atoms with Gasteiger partial charge in [-0.05, 0) is 31.2 Å². The summed E-state index contributed by atoms with van der Waals surface area (Å²) in [6.45, 7) is 1.45. The van der Waals surface area contributed by atoms with Crippen molar-refractivity contribution in [3.05, 3.63) is 24.3 Å². The highest BCUT2D eigenvalue weighted by Crippen LogP contribution is 2.16. The molecule has 1 aromatic carbocycles. The fourth-order valence-corrected chi connectivity index (χ4v) is 1.36.